The Labute approximate surface area is 66.0 Å². The first kappa shape index (κ1) is 8.49. The van der Waals surface area contributed by atoms with Crippen LogP contribution in [0.25, 0.3) is 0 Å². The molecule has 0 heterocycles. The first-order valence-electron chi connectivity index (χ1n) is 3.66. The average molecular weight is 158 g/mol. The molecule has 1 amide bonds. The molecule has 0 aromatic heterocycles. The van der Waals surface area contributed by atoms with E-state index in [4.69, 9.17) is 5.73 Å². The molecule has 1 atom stereocenters. The van der Waals surface area contributed by atoms with Crippen LogP contribution in [0.1, 0.15) is 12.8 Å². The zero-order chi connectivity index (χ0) is 8.65. The molecule has 11 heavy (non-hydrogen) atoms. The van der Waals surface area contributed by atoms with E-state index >= 15 is 0 Å². The van der Waals surface area contributed by atoms with Crippen LogP contribution in [0.4, 0.5) is 0 Å². The summed E-state index contributed by atoms with van der Waals surface area (Å²) in [7, 11) is 3.27. The molecule has 0 bridgehead atoms. The van der Waals surface area contributed by atoms with Gasteiger partial charge >= 0.3 is 0 Å². The van der Waals surface area contributed by atoms with Crippen LogP contribution >= 0.6 is 0 Å². The SMILES string of the molecule is CN(C)C(=O)[C@@H](N)C1(O)CC1. The molecule has 0 saturated heterocycles. The Morgan fingerprint density at radius 3 is 2.36 bits per heavy atom. The maximum atomic E-state index is 11.2. The van der Waals surface area contributed by atoms with E-state index in [1.165, 1.54) is 4.90 Å². The Morgan fingerprint density at radius 2 is 2.09 bits per heavy atom. The lowest BCUT2D eigenvalue weighted by Gasteiger charge is -2.20. The lowest BCUT2D eigenvalue weighted by atomic mass is 10.1. The van der Waals surface area contributed by atoms with E-state index in [2.05, 4.69) is 0 Å². The van der Waals surface area contributed by atoms with Crippen molar-refractivity contribution in [2.75, 3.05) is 14.1 Å². The number of likely N-dealkylation sites (N-methyl/N-ethyl adjacent to an activating group) is 1. The van der Waals surface area contributed by atoms with Crippen LogP contribution < -0.4 is 5.73 Å². The number of hydrogen-bond acceptors (Lipinski definition) is 3. The van der Waals surface area contributed by atoms with E-state index in [9.17, 15) is 9.90 Å². The minimum atomic E-state index is -0.901. The Kier molecular flexibility index (Phi) is 1.90. The fourth-order valence-electron chi connectivity index (χ4n) is 0.947. The van der Waals surface area contributed by atoms with Crippen LogP contribution in [0, 0.1) is 0 Å². The van der Waals surface area contributed by atoms with Gasteiger partial charge in [-0.3, -0.25) is 4.79 Å². The second-order valence-corrected chi connectivity index (χ2v) is 3.31. The van der Waals surface area contributed by atoms with E-state index in [-0.39, 0.29) is 5.91 Å². The third kappa shape index (κ3) is 1.52. The molecule has 4 nitrogen and oxygen atoms in total. The fraction of sp³-hybridized carbons (Fsp3) is 0.857. The number of carbonyl (C=O) groups excluding carboxylic acids is 1. The van der Waals surface area contributed by atoms with E-state index in [1.807, 2.05) is 0 Å². The van der Waals surface area contributed by atoms with Gasteiger partial charge < -0.3 is 15.7 Å². The molecule has 1 saturated carbocycles. The molecule has 4 heteroatoms. The van der Waals surface area contributed by atoms with Gasteiger partial charge in [-0.25, -0.2) is 0 Å². The lowest BCUT2D eigenvalue weighted by molar-refractivity contribution is -0.133. The fourth-order valence-corrected chi connectivity index (χ4v) is 0.947. The molecule has 0 aliphatic heterocycles. The second-order valence-electron chi connectivity index (χ2n) is 3.31. The second kappa shape index (κ2) is 2.46. The van der Waals surface area contributed by atoms with Crippen molar-refractivity contribution in [1.29, 1.82) is 0 Å². The molecule has 0 aromatic rings. The zero-order valence-electron chi connectivity index (χ0n) is 6.87. The Balaban J connectivity index is 2.54. The van der Waals surface area contributed by atoms with E-state index in [0.29, 0.717) is 12.8 Å². The van der Waals surface area contributed by atoms with Crippen LogP contribution in [0.3, 0.4) is 0 Å². The van der Waals surface area contributed by atoms with Crippen LogP contribution in [0.5, 0.6) is 0 Å². The van der Waals surface area contributed by atoms with Crippen molar-refractivity contribution >= 4 is 5.91 Å². The maximum Gasteiger partial charge on any atom is 0.241 e. The lowest BCUT2D eigenvalue weighted by Crippen LogP contribution is -2.49. The van der Waals surface area contributed by atoms with Crippen molar-refractivity contribution in [2.45, 2.75) is 24.5 Å². The standard InChI is InChI=1S/C7H14N2O2/c1-9(2)6(10)5(8)7(11)3-4-7/h5,11H,3-4,8H2,1-2H3/t5-/m1/s1. The topological polar surface area (TPSA) is 66.6 Å². The molecule has 1 aliphatic rings. The molecule has 0 spiro atoms. The minimum absolute atomic E-state index is 0.204. The van der Waals surface area contributed by atoms with Crippen molar-refractivity contribution in [3.8, 4) is 0 Å². The largest absolute Gasteiger partial charge is 0.388 e. The number of nitrogens with two attached hydrogens (primary N) is 1. The molecule has 64 valence electrons. The highest BCUT2D eigenvalue weighted by molar-refractivity contribution is 5.83. The molecule has 1 aliphatic carbocycles. The average Bonchev–Trinajstić information content (AvgIpc) is 2.66. The first-order valence-corrected chi connectivity index (χ1v) is 3.66. The highest BCUT2D eigenvalue weighted by atomic mass is 16.3. The van der Waals surface area contributed by atoms with Gasteiger partial charge in [-0.2, -0.15) is 0 Å². The van der Waals surface area contributed by atoms with Crippen molar-refractivity contribution in [3.63, 3.8) is 0 Å². The van der Waals surface area contributed by atoms with Crippen molar-refractivity contribution in [1.82, 2.24) is 4.90 Å². The molecule has 0 aromatic carbocycles. The zero-order valence-corrected chi connectivity index (χ0v) is 6.87. The third-order valence-electron chi connectivity index (χ3n) is 2.05. The smallest absolute Gasteiger partial charge is 0.241 e. The van der Waals surface area contributed by atoms with Crippen molar-refractivity contribution in [3.05, 3.63) is 0 Å². The predicted molar refractivity (Wildman–Crippen MR) is 40.9 cm³/mol. The van der Waals surface area contributed by atoms with Crippen LogP contribution in [-0.2, 0) is 4.79 Å². The third-order valence-corrected chi connectivity index (χ3v) is 2.05. The van der Waals surface area contributed by atoms with Gasteiger partial charge in [-0.15, -0.1) is 0 Å². The number of amides is 1. The van der Waals surface area contributed by atoms with E-state index < -0.39 is 11.6 Å². The summed E-state index contributed by atoms with van der Waals surface area (Å²) in [5, 5.41) is 9.44. The maximum absolute atomic E-state index is 11.2. The molecule has 3 N–H and O–H groups in total. The molecule has 0 radical (unpaired) electrons. The van der Waals surface area contributed by atoms with Gasteiger partial charge in [0.05, 0.1) is 5.60 Å². The summed E-state index contributed by atoms with van der Waals surface area (Å²) in [6.07, 6.45) is 1.29. The highest BCUT2D eigenvalue weighted by Gasteiger charge is 2.49. The highest BCUT2D eigenvalue weighted by Crippen LogP contribution is 2.37. The summed E-state index contributed by atoms with van der Waals surface area (Å²) in [5.74, 6) is -0.204. The number of nitrogens with zero attached hydrogens (tertiary/aromatic N) is 1. The summed E-state index contributed by atoms with van der Waals surface area (Å²) in [5.41, 5.74) is 4.62. The van der Waals surface area contributed by atoms with Gasteiger partial charge in [0.15, 0.2) is 0 Å². The van der Waals surface area contributed by atoms with Gasteiger partial charge in [0.2, 0.25) is 5.91 Å². The summed E-state index contributed by atoms with van der Waals surface area (Å²) in [4.78, 5) is 12.6. The monoisotopic (exact) mass is 158 g/mol. The summed E-state index contributed by atoms with van der Waals surface area (Å²) in [6.45, 7) is 0. The van der Waals surface area contributed by atoms with Crippen molar-refractivity contribution < 1.29 is 9.90 Å². The Bertz CT molecular complexity index is 175. The number of rotatable bonds is 2. The predicted octanol–water partition coefficient (Wildman–Crippen LogP) is -1.07. The molecular weight excluding hydrogens is 144 g/mol. The van der Waals surface area contributed by atoms with Gasteiger partial charge in [0.1, 0.15) is 6.04 Å². The van der Waals surface area contributed by atoms with Gasteiger partial charge in [-0.05, 0) is 12.8 Å². The molecule has 1 rings (SSSR count). The Hall–Kier alpha value is -0.610. The van der Waals surface area contributed by atoms with Crippen LogP contribution in [-0.4, -0.2) is 41.7 Å². The van der Waals surface area contributed by atoms with E-state index in [0.717, 1.165) is 0 Å². The molecular formula is C7H14N2O2. The van der Waals surface area contributed by atoms with E-state index in [1.54, 1.807) is 14.1 Å². The van der Waals surface area contributed by atoms with Crippen LogP contribution in [0.15, 0.2) is 0 Å². The van der Waals surface area contributed by atoms with Gasteiger partial charge in [-0.1, -0.05) is 0 Å². The quantitative estimate of drug-likeness (QED) is 0.537. The normalized spacial score (nSPS) is 22.5. The first-order chi connectivity index (χ1) is 4.97. The number of aliphatic hydroxyl groups is 1. The van der Waals surface area contributed by atoms with Gasteiger partial charge in [0.25, 0.3) is 0 Å². The summed E-state index contributed by atoms with van der Waals surface area (Å²) in [6, 6.07) is -0.738. The minimum Gasteiger partial charge on any atom is -0.388 e. The van der Waals surface area contributed by atoms with Crippen molar-refractivity contribution in [2.24, 2.45) is 5.73 Å². The number of carbonyl (C=O) groups is 1. The molecule has 1 fully saturated rings. The summed E-state index contributed by atoms with van der Waals surface area (Å²) >= 11 is 0. The number of hydrogen-bond donors (Lipinski definition) is 2. The summed E-state index contributed by atoms with van der Waals surface area (Å²) < 4.78 is 0. The van der Waals surface area contributed by atoms with Crippen LogP contribution in [0.2, 0.25) is 0 Å². The molecule has 0 unspecified atom stereocenters. The van der Waals surface area contributed by atoms with Gasteiger partial charge in [0, 0.05) is 14.1 Å². The Morgan fingerprint density at radius 1 is 1.64 bits per heavy atom.